The summed E-state index contributed by atoms with van der Waals surface area (Å²) in [6.07, 6.45) is 1.09. The molecule has 7 nitrogen and oxygen atoms in total. The molecule has 0 bridgehead atoms. The number of hydrogen-bond acceptors (Lipinski definition) is 5. The number of nitro groups is 1. The van der Waals surface area contributed by atoms with Gasteiger partial charge in [0.2, 0.25) is 5.75 Å². The fourth-order valence-electron chi connectivity index (χ4n) is 1.46. The van der Waals surface area contributed by atoms with Gasteiger partial charge in [0.25, 0.3) is 5.88 Å². The van der Waals surface area contributed by atoms with E-state index < -0.39 is 34.0 Å². The van der Waals surface area contributed by atoms with Crippen LogP contribution < -0.4 is 4.74 Å². The van der Waals surface area contributed by atoms with Crippen LogP contribution in [0.2, 0.25) is 5.02 Å². The van der Waals surface area contributed by atoms with E-state index in [1.807, 2.05) is 0 Å². The molecule has 108 valence electrons. The summed E-state index contributed by atoms with van der Waals surface area (Å²) in [5.74, 6) is -3.23. The van der Waals surface area contributed by atoms with Crippen LogP contribution >= 0.6 is 11.6 Å². The van der Waals surface area contributed by atoms with Gasteiger partial charge >= 0.3 is 11.7 Å². The summed E-state index contributed by atoms with van der Waals surface area (Å²) >= 11 is 5.52. The average molecular weight is 313 g/mol. The SMILES string of the molecule is O=C(O)c1ccc([N+](=O)[O-])c(Oc2ncc(Cl)cc2F)c1. The number of aromatic nitrogens is 1. The van der Waals surface area contributed by atoms with Gasteiger partial charge in [0.05, 0.1) is 15.5 Å². The van der Waals surface area contributed by atoms with Crippen LogP contribution in [0.3, 0.4) is 0 Å². The Bertz CT molecular complexity index is 738. The summed E-state index contributed by atoms with van der Waals surface area (Å²) < 4.78 is 18.6. The number of carboxylic acid groups (broad SMARTS) is 1. The van der Waals surface area contributed by atoms with E-state index in [1.54, 1.807) is 0 Å². The molecule has 1 aromatic carbocycles. The van der Waals surface area contributed by atoms with Gasteiger partial charge in [-0.05, 0) is 12.1 Å². The smallest absolute Gasteiger partial charge is 0.335 e. The zero-order valence-electron chi connectivity index (χ0n) is 10.1. The Morgan fingerprint density at radius 1 is 1.43 bits per heavy atom. The maximum atomic E-state index is 13.6. The fourth-order valence-corrected chi connectivity index (χ4v) is 1.61. The lowest BCUT2D eigenvalue weighted by atomic mass is 10.2. The van der Waals surface area contributed by atoms with Crippen molar-refractivity contribution in [3.8, 4) is 11.6 Å². The lowest BCUT2D eigenvalue weighted by molar-refractivity contribution is -0.385. The predicted molar refractivity (Wildman–Crippen MR) is 69.3 cm³/mol. The molecular formula is C12H6ClFN2O5. The number of carboxylic acids is 1. The van der Waals surface area contributed by atoms with E-state index in [4.69, 9.17) is 21.4 Å². The second-order valence-corrected chi connectivity index (χ2v) is 4.22. The summed E-state index contributed by atoms with van der Waals surface area (Å²) in [6.45, 7) is 0. The van der Waals surface area contributed by atoms with Crippen LogP contribution in [0.5, 0.6) is 11.6 Å². The number of carbonyl (C=O) groups is 1. The maximum absolute atomic E-state index is 13.6. The molecule has 21 heavy (non-hydrogen) atoms. The third kappa shape index (κ3) is 3.23. The molecule has 0 spiro atoms. The highest BCUT2D eigenvalue weighted by atomic mass is 35.5. The molecular weight excluding hydrogens is 307 g/mol. The van der Waals surface area contributed by atoms with Gasteiger partial charge < -0.3 is 9.84 Å². The Morgan fingerprint density at radius 3 is 2.71 bits per heavy atom. The largest absolute Gasteiger partial charge is 0.478 e. The van der Waals surface area contributed by atoms with Crippen molar-refractivity contribution in [2.75, 3.05) is 0 Å². The Morgan fingerprint density at radius 2 is 2.14 bits per heavy atom. The van der Waals surface area contributed by atoms with Gasteiger partial charge in [-0.3, -0.25) is 10.1 Å². The van der Waals surface area contributed by atoms with E-state index in [1.165, 1.54) is 0 Å². The highest BCUT2D eigenvalue weighted by molar-refractivity contribution is 6.30. The van der Waals surface area contributed by atoms with Crippen LogP contribution in [-0.4, -0.2) is 21.0 Å². The van der Waals surface area contributed by atoms with Gasteiger partial charge in [-0.15, -0.1) is 0 Å². The van der Waals surface area contributed by atoms with Crippen molar-refractivity contribution in [2.45, 2.75) is 0 Å². The molecule has 1 heterocycles. The molecule has 0 saturated carbocycles. The first kappa shape index (κ1) is 14.7. The molecule has 0 aliphatic heterocycles. The van der Waals surface area contributed by atoms with Crippen molar-refractivity contribution in [1.82, 2.24) is 4.98 Å². The molecule has 0 saturated heterocycles. The first-order valence-corrected chi connectivity index (χ1v) is 5.77. The molecule has 2 aromatic rings. The second kappa shape index (κ2) is 5.71. The summed E-state index contributed by atoms with van der Waals surface area (Å²) in [5, 5.41) is 19.8. The van der Waals surface area contributed by atoms with Gasteiger partial charge in [-0.25, -0.2) is 14.2 Å². The van der Waals surface area contributed by atoms with Crippen LogP contribution in [0.4, 0.5) is 10.1 Å². The monoisotopic (exact) mass is 312 g/mol. The van der Waals surface area contributed by atoms with E-state index in [0.29, 0.717) is 0 Å². The minimum absolute atomic E-state index is 0.0219. The topological polar surface area (TPSA) is 103 Å². The summed E-state index contributed by atoms with van der Waals surface area (Å²) in [7, 11) is 0. The lowest BCUT2D eigenvalue weighted by Gasteiger charge is -2.07. The molecule has 1 aromatic heterocycles. The van der Waals surface area contributed by atoms with E-state index in [-0.39, 0.29) is 10.6 Å². The van der Waals surface area contributed by atoms with E-state index in [9.17, 15) is 19.3 Å². The third-order valence-corrected chi connectivity index (χ3v) is 2.59. The molecule has 1 N–H and O–H groups in total. The zero-order chi connectivity index (χ0) is 15.6. The molecule has 2 rings (SSSR count). The van der Waals surface area contributed by atoms with Crippen molar-refractivity contribution >= 4 is 23.3 Å². The van der Waals surface area contributed by atoms with Crippen LogP contribution in [0.25, 0.3) is 0 Å². The van der Waals surface area contributed by atoms with E-state index >= 15 is 0 Å². The fraction of sp³-hybridized carbons (Fsp3) is 0. The van der Waals surface area contributed by atoms with Gasteiger partial charge in [-0.2, -0.15) is 0 Å². The number of ether oxygens (including phenoxy) is 1. The number of rotatable bonds is 4. The summed E-state index contributed by atoms with van der Waals surface area (Å²) in [4.78, 5) is 24.5. The Kier molecular flexibility index (Phi) is 3.99. The summed E-state index contributed by atoms with van der Waals surface area (Å²) in [5.41, 5.74) is -0.763. The Balaban J connectivity index is 2.48. The van der Waals surface area contributed by atoms with Gasteiger partial charge in [0.15, 0.2) is 5.82 Å². The van der Waals surface area contributed by atoms with Gasteiger partial charge in [0.1, 0.15) is 0 Å². The van der Waals surface area contributed by atoms with Crippen molar-refractivity contribution in [1.29, 1.82) is 0 Å². The third-order valence-electron chi connectivity index (χ3n) is 2.38. The van der Waals surface area contributed by atoms with Crippen LogP contribution in [0.1, 0.15) is 10.4 Å². The quantitative estimate of drug-likeness (QED) is 0.686. The second-order valence-electron chi connectivity index (χ2n) is 3.79. The number of halogens is 2. The van der Waals surface area contributed by atoms with Crippen molar-refractivity contribution in [3.05, 3.63) is 57.0 Å². The van der Waals surface area contributed by atoms with Crippen molar-refractivity contribution in [3.63, 3.8) is 0 Å². The number of pyridine rings is 1. The first-order chi connectivity index (χ1) is 9.88. The molecule has 9 heteroatoms. The Hall–Kier alpha value is -2.74. The molecule has 0 unspecified atom stereocenters. The minimum Gasteiger partial charge on any atom is -0.478 e. The maximum Gasteiger partial charge on any atom is 0.335 e. The first-order valence-electron chi connectivity index (χ1n) is 5.39. The minimum atomic E-state index is -1.31. The van der Waals surface area contributed by atoms with Crippen LogP contribution in [0.15, 0.2) is 30.5 Å². The molecule has 0 amide bonds. The number of aromatic carboxylic acids is 1. The predicted octanol–water partition coefficient (Wildman–Crippen LogP) is 3.27. The van der Waals surface area contributed by atoms with Crippen LogP contribution in [-0.2, 0) is 0 Å². The highest BCUT2D eigenvalue weighted by Gasteiger charge is 2.20. The highest BCUT2D eigenvalue weighted by Crippen LogP contribution is 2.32. The zero-order valence-corrected chi connectivity index (χ0v) is 10.9. The molecule has 0 atom stereocenters. The number of nitro benzene ring substituents is 1. The lowest BCUT2D eigenvalue weighted by Crippen LogP contribution is -2.01. The van der Waals surface area contributed by atoms with Gasteiger partial charge in [0, 0.05) is 18.3 Å². The van der Waals surface area contributed by atoms with Crippen molar-refractivity contribution in [2.24, 2.45) is 0 Å². The molecule has 0 aliphatic rings. The van der Waals surface area contributed by atoms with E-state index in [0.717, 1.165) is 30.5 Å². The molecule has 0 radical (unpaired) electrons. The Labute approximate surface area is 121 Å². The molecule has 0 fully saturated rings. The standard InChI is InChI=1S/C12H6ClFN2O5/c13-7-4-8(14)11(15-5-7)21-10-3-6(12(17)18)1-2-9(10)16(19)20/h1-5H,(H,17,18). The number of hydrogen-bond donors (Lipinski definition) is 1. The molecule has 0 aliphatic carbocycles. The van der Waals surface area contributed by atoms with Crippen molar-refractivity contribution < 1.29 is 24.0 Å². The van der Waals surface area contributed by atoms with Gasteiger partial charge in [-0.1, -0.05) is 11.6 Å². The average Bonchev–Trinajstić information content (AvgIpc) is 2.41. The van der Waals surface area contributed by atoms with Crippen LogP contribution in [0, 0.1) is 15.9 Å². The summed E-state index contributed by atoms with van der Waals surface area (Å²) in [6, 6.07) is 3.82. The van der Waals surface area contributed by atoms with E-state index in [2.05, 4.69) is 4.98 Å². The number of benzene rings is 1. The number of nitrogens with zero attached hydrogens (tertiary/aromatic N) is 2. The normalized spacial score (nSPS) is 10.2.